The van der Waals surface area contributed by atoms with Crippen LogP contribution in [0.1, 0.15) is 22.6 Å². The summed E-state index contributed by atoms with van der Waals surface area (Å²) < 4.78 is 22.4. The molecule has 4 aromatic carbocycles. The Balaban J connectivity index is 1.34. The van der Waals surface area contributed by atoms with Crippen LogP contribution in [0.15, 0.2) is 109 Å². The van der Waals surface area contributed by atoms with E-state index in [-0.39, 0.29) is 28.6 Å². The summed E-state index contributed by atoms with van der Waals surface area (Å²) in [7, 11) is 0. The largest absolute Gasteiger partial charge is 0.489 e. The first-order chi connectivity index (χ1) is 19.9. The second-order valence-electron chi connectivity index (χ2n) is 8.96. The van der Waals surface area contributed by atoms with E-state index in [4.69, 9.17) is 24.7 Å². The molecule has 0 amide bonds. The van der Waals surface area contributed by atoms with Gasteiger partial charge < -0.3 is 24.7 Å². The lowest BCUT2D eigenvalue weighted by Gasteiger charge is -2.27. The highest BCUT2D eigenvalue weighted by atomic mass is 16.6. The van der Waals surface area contributed by atoms with Crippen molar-refractivity contribution in [3.63, 3.8) is 0 Å². The van der Waals surface area contributed by atoms with Crippen molar-refractivity contribution in [2.45, 2.75) is 12.5 Å². The number of nitro benzene ring substituents is 1. The van der Waals surface area contributed by atoms with E-state index in [0.29, 0.717) is 23.7 Å². The molecule has 0 saturated carbocycles. The fourth-order valence-corrected chi connectivity index (χ4v) is 4.39. The molecule has 0 bridgehead atoms. The van der Waals surface area contributed by atoms with Crippen LogP contribution >= 0.6 is 0 Å². The molecule has 10 heteroatoms. The number of hydrogen-bond donors (Lipinski definition) is 1. The topological polar surface area (TPSA) is 147 Å². The molecule has 5 rings (SSSR count). The maximum absolute atomic E-state index is 12.4. The zero-order valence-electron chi connectivity index (χ0n) is 21.6. The third-order valence-corrected chi connectivity index (χ3v) is 6.27. The highest BCUT2D eigenvalue weighted by Gasteiger charge is 2.31. The van der Waals surface area contributed by atoms with Crippen molar-refractivity contribution in [2.24, 2.45) is 5.73 Å². The first kappa shape index (κ1) is 26.8. The summed E-state index contributed by atoms with van der Waals surface area (Å²) >= 11 is 0. The Morgan fingerprint density at radius 2 is 1.73 bits per heavy atom. The van der Waals surface area contributed by atoms with Crippen molar-refractivity contribution in [3.8, 4) is 29.1 Å². The van der Waals surface area contributed by atoms with Gasteiger partial charge in [0.15, 0.2) is 12.4 Å². The van der Waals surface area contributed by atoms with Crippen LogP contribution in [-0.2, 0) is 11.4 Å². The predicted octanol–water partition coefficient (Wildman–Crippen LogP) is 5.38. The van der Waals surface area contributed by atoms with E-state index in [1.165, 1.54) is 24.3 Å². The van der Waals surface area contributed by atoms with Gasteiger partial charge in [-0.3, -0.25) is 10.1 Å². The van der Waals surface area contributed by atoms with Crippen LogP contribution in [0.3, 0.4) is 0 Å². The number of esters is 1. The van der Waals surface area contributed by atoms with E-state index >= 15 is 0 Å². The molecule has 0 aromatic heterocycles. The zero-order valence-corrected chi connectivity index (χ0v) is 21.6. The average Bonchev–Trinajstić information content (AvgIpc) is 2.99. The Kier molecular flexibility index (Phi) is 7.79. The number of para-hydroxylation sites is 2. The predicted molar refractivity (Wildman–Crippen MR) is 147 cm³/mol. The van der Waals surface area contributed by atoms with Crippen LogP contribution in [0.4, 0.5) is 5.69 Å². The summed E-state index contributed by atoms with van der Waals surface area (Å²) in [5.74, 6) is -0.360. The van der Waals surface area contributed by atoms with Gasteiger partial charge in [-0.05, 0) is 35.4 Å². The minimum absolute atomic E-state index is 0.0528. The molecule has 2 N–H and O–H groups in total. The number of nitriles is 1. The minimum atomic E-state index is -0.778. The van der Waals surface area contributed by atoms with Crippen LogP contribution in [-0.4, -0.2) is 17.5 Å². The number of allylic oxidation sites excluding steroid dienone is 1. The van der Waals surface area contributed by atoms with Gasteiger partial charge in [-0.15, -0.1) is 0 Å². The molecule has 41 heavy (non-hydrogen) atoms. The van der Waals surface area contributed by atoms with E-state index in [1.54, 1.807) is 18.2 Å². The Bertz CT molecular complexity index is 1680. The number of carbonyl (C=O) groups excluding carboxylic acids is 1. The number of nitrogens with zero attached hydrogens (tertiary/aromatic N) is 2. The number of hydrogen-bond acceptors (Lipinski definition) is 9. The fourth-order valence-electron chi connectivity index (χ4n) is 4.39. The quantitative estimate of drug-likeness (QED) is 0.126. The van der Waals surface area contributed by atoms with Crippen LogP contribution in [0.2, 0.25) is 0 Å². The second-order valence-corrected chi connectivity index (χ2v) is 8.96. The number of benzene rings is 4. The Morgan fingerprint density at radius 3 is 2.51 bits per heavy atom. The van der Waals surface area contributed by atoms with Gasteiger partial charge in [0.2, 0.25) is 5.88 Å². The number of fused-ring (bicyclic) bond motifs is 1. The molecule has 204 valence electrons. The van der Waals surface area contributed by atoms with Gasteiger partial charge in [0.05, 0.1) is 10.8 Å². The summed E-state index contributed by atoms with van der Waals surface area (Å²) in [6.45, 7) is -0.171. The molecule has 0 spiro atoms. The third-order valence-electron chi connectivity index (χ3n) is 6.27. The maximum atomic E-state index is 12.4. The summed E-state index contributed by atoms with van der Waals surface area (Å²) in [6, 6.07) is 29.7. The molecule has 0 fully saturated rings. The van der Waals surface area contributed by atoms with Crippen LogP contribution < -0.4 is 24.7 Å². The van der Waals surface area contributed by atoms with Crippen molar-refractivity contribution in [1.82, 2.24) is 0 Å². The van der Waals surface area contributed by atoms with E-state index in [0.717, 1.165) is 11.1 Å². The molecule has 1 heterocycles. The average molecular weight is 550 g/mol. The SMILES string of the molecule is N#CC1=C(N)Oc2cc(OC(=O)COc3ccccc3[N+](=O)[O-])ccc2C1c1cccc(OCc2ccccc2)c1. The van der Waals surface area contributed by atoms with Gasteiger partial charge in [0, 0.05) is 17.7 Å². The summed E-state index contributed by atoms with van der Waals surface area (Å²) in [5.41, 5.74) is 8.53. The molecule has 10 nitrogen and oxygen atoms in total. The molecule has 4 aromatic rings. The third kappa shape index (κ3) is 6.10. The molecule has 1 aliphatic heterocycles. The number of rotatable bonds is 9. The van der Waals surface area contributed by atoms with Crippen LogP contribution in [0.25, 0.3) is 0 Å². The Hall–Kier alpha value is -5.82. The molecular weight excluding hydrogens is 526 g/mol. The van der Waals surface area contributed by atoms with Crippen molar-refractivity contribution in [2.75, 3.05) is 6.61 Å². The van der Waals surface area contributed by atoms with Gasteiger partial charge in [-0.1, -0.05) is 60.7 Å². The normalized spacial score (nSPS) is 13.8. The Labute approximate surface area is 234 Å². The van der Waals surface area contributed by atoms with Gasteiger partial charge in [0.1, 0.15) is 35.5 Å². The first-order valence-electron chi connectivity index (χ1n) is 12.5. The van der Waals surface area contributed by atoms with E-state index in [1.807, 2.05) is 54.6 Å². The second kappa shape index (κ2) is 11.9. The highest BCUT2D eigenvalue weighted by Crippen LogP contribution is 2.44. The lowest BCUT2D eigenvalue weighted by atomic mass is 9.83. The molecule has 1 unspecified atom stereocenters. The molecule has 1 atom stereocenters. The lowest BCUT2D eigenvalue weighted by Crippen LogP contribution is -2.22. The van der Waals surface area contributed by atoms with Gasteiger partial charge in [-0.25, -0.2) is 4.79 Å². The molecule has 0 radical (unpaired) electrons. The maximum Gasteiger partial charge on any atom is 0.349 e. The Morgan fingerprint density at radius 1 is 0.951 bits per heavy atom. The molecular formula is C31H23N3O7. The minimum Gasteiger partial charge on any atom is -0.489 e. The number of ether oxygens (including phenoxy) is 4. The summed E-state index contributed by atoms with van der Waals surface area (Å²) in [5, 5.41) is 21.1. The van der Waals surface area contributed by atoms with Crippen molar-refractivity contribution < 1.29 is 28.7 Å². The summed E-state index contributed by atoms with van der Waals surface area (Å²) in [6.07, 6.45) is 0. The fraction of sp³-hybridized carbons (Fsp3) is 0.0968. The first-order valence-corrected chi connectivity index (χ1v) is 12.5. The van der Waals surface area contributed by atoms with Gasteiger partial charge >= 0.3 is 11.7 Å². The zero-order chi connectivity index (χ0) is 28.8. The van der Waals surface area contributed by atoms with E-state index < -0.39 is 23.4 Å². The van der Waals surface area contributed by atoms with Crippen molar-refractivity contribution >= 4 is 11.7 Å². The monoisotopic (exact) mass is 549 g/mol. The van der Waals surface area contributed by atoms with Crippen LogP contribution in [0, 0.1) is 21.4 Å². The van der Waals surface area contributed by atoms with E-state index in [9.17, 15) is 20.2 Å². The lowest BCUT2D eigenvalue weighted by molar-refractivity contribution is -0.385. The molecule has 0 aliphatic carbocycles. The number of carbonyl (C=O) groups is 1. The number of nitrogens with two attached hydrogens (primary N) is 1. The summed E-state index contributed by atoms with van der Waals surface area (Å²) in [4.78, 5) is 23.0. The highest BCUT2D eigenvalue weighted by molar-refractivity contribution is 5.74. The van der Waals surface area contributed by atoms with Gasteiger partial charge in [-0.2, -0.15) is 5.26 Å². The van der Waals surface area contributed by atoms with Crippen molar-refractivity contribution in [3.05, 3.63) is 135 Å². The smallest absolute Gasteiger partial charge is 0.349 e. The molecule has 0 saturated heterocycles. The van der Waals surface area contributed by atoms with Gasteiger partial charge in [0.25, 0.3) is 0 Å². The van der Waals surface area contributed by atoms with Crippen molar-refractivity contribution in [1.29, 1.82) is 5.26 Å². The van der Waals surface area contributed by atoms with Crippen LogP contribution in [0.5, 0.6) is 23.0 Å². The standard InChI is InChI=1S/C31H23N3O7/c32-17-25-30(21-9-6-10-22(15-21)38-18-20-7-2-1-3-8-20)24-14-13-23(16-28(24)41-31(25)33)40-29(35)19-39-27-12-5-4-11-26(27)34(36)37/h1-16,30H,18-19,33H2. The number of nitro groups is 1. The molecule has 1 aliphatic rings. The van der Waals surface area contributed by atoms with E-state index in [2.05, 4.69) is 6.07 Å².